The number of para-hydroxylation sites is 2. The summed E-state index contributed by atoms with van der Waals surface area (Å²) >= 11 is 0. The number of H-pyrrole nitrogens is 1. The first-order valence-corrected chi connectivity index (χ1v) is 9.51. The van der Waals surface area contributed by atoms with Gasteiger partial charge in [0, 0.05) is 18.5 Å². The van der Waals surface area contributed by atoms with Gasteiger partial charge in [-0.05, 0) is 55.5 Å². The lowest BCUT2D eigenvalue weighted by atomic mass is 9.85. The van der Waals surface area contributed by atoms with Crippen LogP contribution in [0.2, 0.25) is 0 Å². The monoisotopic (exact) mass is 384 g/mol. The lowest BCUT2D eigenvalue weighted by Crippen LogP contribution is -2.35. The highest BCUT2D eigenvalue weighted by Crippen LogP contribution is 2.27. The van der Waals surface area contributed by atoms with Crippen molar-refractivity contribution in [1.29, 1.82) is 0 Å². The molecule has 0 bridgehead atoms. The summed E-state index contributed by atoms with van der Waals surface area (Å²) in [6, 6.07) is 11.8. The molecule has 2 aromatic carbocycles. The number of nitrogens with zero attached hydrogens (tertiary/aromatic N) is 1. The summed E-state index contributed by atoms with van der Waals surface area (Å²) in [7, 11) is 0. The summed E-state index contributed by atoms with van der Waals surface area (Å²) in [6.45, 7) is 0.202. The number of carbonyl (C=O) groups is 1. The summed E-state index contributed by atoms with van der Waals surface area (Å²) in [5.74, 6) is -1.12. The molecule has 1 amide bonds. The van der Waals surface area contributed by atoms with E-state index >= 15 is 0 Å². The summed E-state index contributed by atoms with van der Waals surface area (Å²) in [6.07, 6.45) is 3.31. The van der Waals surface area contributed by atoms with Crippen molar-refractivity contribution in [1.82, 2.24) is 15.3 Å². The van der Waals surface area contributed by atoms with Crippen molar-refractivity contribution in [2.45, 2.75) is 38.3 Å². The molecule has 0 saturated heterocycles. The molecule has 0 spiro atoms. The number of aromatic amines is 1. The Morgan fingerprint density at radius 2 is 1.86 bits per heavy atom. The number of aromatic nitrogens is 2. The van der Waals surface area contributed by atoms with Crippen LogP contribution < -0.4 is 10.6 Å². The summed E-state index contributed by atoms with van der Waals surface area (Å²) in [4.78, 5) is 20.2. The summed E-state index contributed by atoms with van der Waals surface area (Å²) < 4.78 is 26.2. The molecule has 1 aliphatic carbocycles. The van der Waals surface area contributed by atoms with Crippen LogP contribution >= 0.6 is 0 Å². The average Bonchev–Trinajstić information content (AvgIpc) is 3.11. The fourth-order valence-electron chi connectivity index (χ4n) is 3.70. The largest absolute Gasteiger partial charge is 0.353 e. The van der Waals surface area contributed by atoms with Gasteiger partial charge in [-0.15, -0.1) is 0 Å². The Bertz CT molecular complexity index is 946. The van der Waals surface area contributed by atoms with Crippen LogP contribution in [0.1, 0.15) is 31.2 Å². The molecule has 3 N–H and O–H groups in total. The molecule has 5 nitrogen and oxygen atoms in total. The maximum Gasteiger partial charge on any atom is 0.223 e. The van der Waals surface area contributed by atoms with Gasteiger partial charge in [0.05, 0.1) is 11.0 Å². The zero-order valence-corrected chi connectivity index (χ0v) is 15.3. The minimum Gasteiger partial charge on any atom is -0.353 e. The summed E-state index contributed by atoms with van der Waals surface area (Å²) in [5.41, 5.74) is 2.47. The molecule has 4 rings (SSSR count). The van der Waals surface area contributed by atoms with Crippen LogP contribution in [0, 0.1) is 17.6 Å². The highest BCUT2D eigenvalue weighted by Gasteiger charge is 2.26. The van der Waals surface area contributed by atoms with E-state index in [0.29, 0.717) is 5.56 Å². The standard InChI is InChI=1S/C21H22F2N4O/c22-16-10-5-13(11-17(16)23)12-24-20(28)14-6-8-15(9-7-14)25-21-26-18-3-1-2-4-19(18)27-21/h1-5,10-11,14-15H,6-9,12H2,(H,24,28)(H2,25,26,27). The van der Waals surface area contributed by atoms with Gasteiger partial charge in [0.15, 0.2) is 11.6 Å². The van der Waals surface area contributed by atoms with Crippen molar-refractivity contribution >= 4 is 22.9 Å². The number of amides is 1. The molecule has 0 aliphatic heterocycles. The number of halogens is 2. The van der Waals surface area contributed by atoms with E-state index < -0.39 is 11.6 Å². The van der Waals surface area contributed by atoms with Gasteiger partial charge < -0.3 is 15.6 Å². The van der Waals surface area contributed by atoms with Crippen LogP contribution in [0.5, 0.6) is 0 Å². The first-order chi connectivity index (χ1) is 13.6. The molecule has 7 heteroatoms. The predicted octanol–water partition coefficient (Wildman–Crippen LogP) is 4.13. The number of nitrogens with one attached hydrogen (secondary N) is 3. The topological polar surface area (TPSA) is 69.8 Å². The fourth-order valence-corrected chi connectivity index (χ4v) is 3.70. The molecule has 1 saturated carbocycles. The molecule has 3 aromatic rings. The highest BCUT2D eigenvalue weighted by atomic mass is 19.2. The first kappa shape index (κ1) is 18.4. The van der Waals surface area contributed by atoms with Crippen LogP contribution in [0.3, 0.4) is 0 Å². The molecule has 0 atom stereocenters. The number of hydrogen-bond donors (Lipinski definition) is 3. The van der Waals surface area contributed by atoms with E-state index in [1.54, 1.807) is 0 Å². The Hall–Kier alpha value is -2.96. The molecule has 0 radical (unpaired) electrons. The van der Waals surface area contributed by atoms with Gasteiger partial charge in [0.25, 0.3) is 0 Å². The second-order valence-corrected chi connectivity index (χ2v) is 7.26. The van der Waals surface area contributed by atoms with Gasteiger partial charge in [0.2, 0.25) is 11.9 Å². The molecular formula is C21H22F2N4O. The lowest BCUT2D eigenvalue weighted by molar-refractivity contribution is -0.126. The average molecular weight is 384 g/mol. The van der Waals surface area contributed by atoms with Crippen molar-refractivity contribution in [3.63, 3.8) is 0 Å². The van der Waals surface area contributed by atoms with Crippen LogP contribution in [0.15, 0.2) is 42.5 Å². The predicted molar refractivity (Wildman–Crippen MR) is 104 cm³/mol. The molecular weight excluding hydrogens is 362 g/mol. The smallest absolute Gasteiger partial charge is 0.223 e. The van der Waals surface area contributed by atoms with E-state index in [9.17, 15) is 13.6 Å². The Morgan fingerprint density at radius 3 is 2.61 bits per heavy atom. The van der Waals surface area contributed by atoms with Crippen molar-refractivity contribution in [2.24, 2.45) is 5.92 Å². The normalized spacial score (nSPS) is 19.5. The molecule has 0 unspecified atom stereocenters. The molecule has 1 aliphatic rings. The van der Waals surface area contributed by atoms with Crippen molar-refractivity contribution < 1.29 is 13.6 Å². The van der Waals surface area contributed by atoms with Crippen molar-refractivity contribution in [3.05, 3.63) is 59.7 Å². The zero-order chi connectivity index (χ0) is 19.5. The Kier molecular flexibility index (Phi) is 5.23. The maximum atomic E-state index is 13.2. The van der Waals surface area contributed by atoms with Gasteiger partial charge in [-0.1, -0.05) is 18.2 Å². The van der Waals surface area contributed by atoms with Crippen LogP contribution in [0.4, 0.5) is 14.7 Å². The van der Waals surface area contributed by atoms with E-state index in [1.807, 2.05) is 24.3 Å². The number of imidazole rings is 1. The SMILES string of the molecule is O=C(NCc1ccc(F)c(F)c1)C1CCC(Nc2nc3ccccc3[nH]2)CC1. The van der Waals surface area contributed by atoms with Gasteiger partial charge in [-0.25, -0.2) is 13.8 Å². The minimum absolute atomic E-state index is 0.0353. The number of anilines is 1. The summed E-state index contributed by atoms with van der Waals surface area (Å²) in [5, 5.41) is 6.25. The van der Waals surface area contributed by atoms with Crippen molar-refractivity contribution in [2.75, 3.05) is 5.32 Å². The van der Waals surface area contributed by atoms with E-state index in [2.05, 4.69) is 20.6 Å². The third-order valence-corrected chi connectivity index (χ3v) is 5.28. The zero-order valence-electron chi connectivity index (χ0n) is 15.3. The van der Waals surface area contributed by atoms with Crippen LogP contribution in [-0.4, -0.2) is 21.9 Å². The lowest BCUT2D eigenvalue weighted by Gasteiger charge is -2.28. The number of fused-ring (bicyclic) bond motifs is 1. The second kappa shape index (κ2) is 7.96. The quantitative estimate of drug-likeness (QED) is 0.620. The number of benzene rings is 2. The molecule has 1 heterocycles. The first-order valence-electron chi connectivity index (χ1n) is 9.51. The Morgan fingerprint density at radius 1 is 1.07 bits per heavy atom. The van der Waals surface area contributed by atoms with Gasteiger partial charge in [-0.2, -0.15) is 0 Å². The van der Waals surface area contributed by atoms with Gasteiger partial charge in [0.1, 0.15) is 0 Å². The second-order valence-electron chi connectivity index (χ2n) is 7.26. The number of hydrogen-bond acceptors (Lipinski definition) is 3. The maximum absolute atomic E-state index is 13.2. The number of rotatable bonds is 5. The molecule has 1 aromatic heterocycles. The molecule has 146 valence electrons. The number of carbonyl (C=O) groups excluding carboxylic acids is 1. The van der Waals surface area contributed by atoms with E-state index in [4.69, 9.17) is 0 Å². The Labute approximate surface area is 161 Å². The minimum atomic E-state index is -0.899. The van der Waals surface area contributed by atoms with Crippen LogP contribution in [0.25, 0.3) is 11.0 Å². The van der Waals surface area contributed by atoms with Crippen molar-refractivity contribution in [3.8, 4) is 0 Å². The van der Waals surface area contributed by atoms with E-state index in [0.717, 1.165) is 54.8 Å². The third-order valence-electron chi connectivity index (χ3n) is 5.28. The molecule has 1 fully saturated rings. The van der Waals surface area contributed by atoms with E-state index in [1.165, 1.54) is 6.07 Å². The fraction of sp³-hybridized carbons (Fsp3) is 0.333. The molecule has 28 heavy (non-hydrogen) atoms. The highest BCUT2D eigenvalue weighted by molar-refractivity contribution is 5.79. The van der Waals surface area contributed by atoms with Crippen LogP contribution in [-0.2, 0) is 11.3 Å². The Balaban J connectivity index is 1.26. The third kappa shape index (κ3) is 4.13. The van der Waals surface area contributed by atoms with Gasteiger partial charge in [-0.3, -0.25) is 4.79 Å². The van der Waals surface area contributed by atoms with Gasteiger partial charge >= 0.3 is 0 Å². The van der Waals surface area contributed by atoms with E-state index in [-0.39, 0.29) is 24.4 Å².